The molecule has 0 spiro atoms. The third kappa shape index (κ3) is 3.83. The Kier molecular flexibility index (Phi) is 5.01. The summed E-state index contributed by atoms with van der Waals surface area (Å²) < 4.78 is 7.69. The molecule has 0 radical (unpaired) electrons. The lowest BCUT2D eigenvalue weighted by atomic mass is 10.1. The van der Waals surface area contributed by atoms with Gasteiger partial charge in [-0.2, -0.15) is 10.2 Å². The largest absolute Gasteiger partial charge is 0.495 e. The Bertz CT molecular complexity index is 1250. The van der Waals surface area contributed by atoms with E-state index in [1.807, 2.05) is 30.3 Å². The average Bonchev–Trinajstić information content (AvgIpc) is 3.16. The number of benzene rings is 2. The van der Waals surface area contributed by atoms with Crippen molar-refractivity contribution in [3.63, 3.8) is 0 Å². The predicted molar refractivity (Wildman–Crippen MR) is 109 cm³/mol. The van der Waals surface area contributed by atoms with Crippen molar-refractivity contribution in [2.45, 2.75) is 6.54 Å². The molecule has 0 aliphatic heterocycles. The van der Waals surface area contributed by atoms with E-state index in [0.717, 1.165) is 10.2 Å². The zero-order valence-corrected chi connectivity index (χ0v) is 16.1. The van der Waals surface area contributed by atoms with E-state index in [-0.39, 0.29) is 6.54 Å². The maximum atomic E-state index is 12.8. The molecule has 0 saturated carbocycles. The van der Waals surface area contributed by atoms with Gasteiger partial charge in [-0.05, 0) is 24.3 Å². The zero-order valence-electron chi connectivity index (χ0n) is 15.4. The number of methoxy groups -OCH3 is 1. The van der Waals surface area contributed by atoms with Crippen molar-refractivity contribution in [2.24, 2.45) is 0 Å². The lowest BCUT2D eigenvalue weighted by molar-refractivity contribution is -0.117. The minimum atomic E-state index is -0.438. The van der Waals surface area contributed by atoms with Crippen molar-refractivity contribution in [3.05, 3.63) is 76.3 Å². The molecule has 9 heteroatoms. The first-order valence-electron chi connectivity index (χ1n) is 8.69. The van der Waals surface area contributed by atoms with E-state index in [9.17, 15) is 9.59 Å². The normalized spacial score (nSPS) is 10.8. The summed E-state index contributed by atoms with van der Waals surface area (Å²) in [6.07, 6.45) is 1.40. The topological polar surface area (TPSA) is 90.5 Å². The third-order valence-electron chi connectivity index (χ3n) is 4.29. The summed E-state index contributed by atoms with van der Waals surface area (Å²) in [6.45, 7) is -0.267. The van der Waals surface area contributed by atoms with Crippen LogP contribution in [0.3, 0.4) is 0 Å². The monoisotopic (exact) mass is 409 g/mol. The van der Waals surface area contributed by atoms with E-state index < -0.39 is 11.5 Å². The van der Waals surface area contributed by atoms with Gasteiger partial charge in [-0.3, -0.25) is 9.59 Å². The molecule has 0 bridgehead atoms. The number of halogens is 1. The SMILES string of the molecule is COc1ccc(Cl)cc1NC(=O)Cn1ncn2nc(-c3ccccc3)cc2c1=O. The molecule has 0 aliphatic carbocycles. The summed E-state index contributed by atoms with van der Waals surface area (Å²) in [5.41, 5.74) is 1.85. The number of hydrogen-bond donors (Lipinski definition) is 1. The van der Waals surface area contributed by atoms with E-state index in [2.05, 4.69) is 15.5 Å². The predicted octanol–water partition coefficient (Wildman–Crippen LogP) is 2.86. The summed E-state index contributed by atoms with van der Waals surface area (Å²) >= 11 is 5.98. The molecule has 0 saturated heterocycles. The minimum absolute atomic E-state index is 0.267. The summed E-state index contributed by atoms with van der Waals surface area (Å²) in [6, 6.07) is 16.0. The summed E-state index contributed by atoms with van der Waals surface area (Å²) in [7, 11) is 1.49. The van der Waals surface area contributed by atoms with Gasteiger partial charge in [-0.25, -0.2) is 9.20 Å². The van der Waals surface area contributed by atoms with Gasteiger partial charge < -0.3 is 10.1 Å². The van der Waals surface area contributed by atoms with Crippen molar-refractivity contribution in [1.82, 2.24) is 19.4 Å². The van der Waals surface area contributed by atoms with E-state index in [1.165, 1.54) is 18.0 Å². The molecule has 4 rings (SSSR count). The first-order valence-corrected chi connectivity index (χ1v) is 9.07. The lowest BCUT2D eigenvalue weighted by Gasteiger charge is -2.11. The molecule has 4 aromatic rings. The number of amides is 1. The standard InChI is InChI=1S/C20H16ClN5O3/c1-29-18-8-7-14(21)9-16(18)23-19(27)11-25-20(28)17-10-15(24-26(17)12-22-25)13-5-3-2-4-6-13/h2-10,12H,11H2,1H3,(H,23,27). The Hall–Kier alpha value is -3.65. The van der Waals surface area contributed by atoms with Gasteiger partial charge in [0.1, 0.15) is 24.1 Å². The number of ether oxygens (including phenoxy) is 1. The highest BCUT2D eigenvalue weighted by atomic mass is 35.5. The molecule has 0 atom stereocenters. The number of fused-ring (bicyclic) bond motifs is 1. The minimum Gasteiger partial charge on any atom is -0.495 e. The fourth-order valence-electron chi connectivity index (χ4n) is 2.90. The fraction of sp³-hybridized carbons (Fsp3) is 0.100. The van der Waals surface area contributed by atoms with Gasteiger partial charge in [0.2, 0.25) is 5.91 Å². The lowest BCUT2D eigenvalue weighted by Crippen LogP contribution is -2.30. The summed E-state index contributed by atoms with van der Waals surface area (Å²) in [5, 5.41) is 11.6. The molecule has 146 valence electrons. The fourth-order valence-corrected chi connectivity index (χ4v) is 3.08. The van der Waals surface area contributed by atoms with Crippen LogP contribution >= 0.6 is 11.6 Å². The summed E-state index contributed by atoms with van der Waals surface area (Å²) in [4.78, 5) is 25.2. The third-order valence-corrected chi connectivity index (χ3v) is 4.52. The van der Waals surface area contributed by atoms with E-state index >= 15 is 0 Å². The van der Waals surface area contributed by atoms with Crippen LogP contribution in [-0.2, 0) is 11.3 Å². The Balaban J connectivity index is 1.60. The zero-order chi connectivity index (χ0) is 20.4. The van der Waals surface area contributed by atoms with Crippen molar-refractivity contribution in [1.29, 1.82) is 0 Å². The number of aromatic nitrogens is 4. The molecule has 29 heavy (non-hydrogen) atoms. The van der Waals surface area contributed by atoms with E-state index in [1.54, 1.807) is 24.3 Å². The first-order chi connectivity index (χ1) is 14.0. The molecule has 1 amide bonds. The highest BCUT2D eigenvalue weighted by Gasteiger charge is 2.14. The Morgan fingerprint density at radius 1 is 1.17 bits per heavy atom. The molecule has 2 aromatic carbocycles. The maximum Gasteiger partial charge on any atom is 0.293 e. The van der Waals surface area contributed by atoms with Gasteiger partial charge in [-0.1, -0.05) is 41.9 Å². The van der Waals surface area contributed by atoms with Crippen LogP contribution in [-0.4, -0.2) is 32.4 Å². The highest BCUT2D eigenvalue weighted by Crippen LogP contribution is 2.27. The number of nitrogens with one attached hydrogen (secondary N) is 1. The highest BCUT2D eigenvalue weighted by molar-refractivity contribution is 6.31. The number of nitrogens with zero attached hydrogens (tertiary/aromatic N) is 4. The van der Waals surface area contributed by atoms with Gasteiger partial charge in [-0.15, -0.1) is 0 Å². The number of anilines is 1. The molecular weight excluding hydrogens is 394 g/mol. The Morgan fingerprint density at radius 2 is 1.97 bits per heavy atom. The number of carbonyl (C=O) groups is 1. The van der Waals surface area contributed by atoms with E-state index in [0.29, 0.717) is 27.7 Å². The van der Waals surface area contributed by atoms with Crippen molar-refractivity contribution in [3.8, 4) is 17.0 Å². The second kappa shape index (κ2) is 7.76. The number of carbonyl (C=O) groups excluding carboxylic acids is 1. The van der Waals surface area contributed by atoms with Crippen LogP contribution in [0.25, 0.3) is 16.8 Å². The molecule has 2 heterocycles. The molecular formula is C20H16ClN5O3. The molecule has 0 aliphatic rings. The average molecular weight is 410 g/mol. The van der Waals surface area contributed by atoms with Crippen LogP contribution in [0.4, 0.5) is 5.69 Å². The quantitative estimate of drug-likeness (QED) is 0.547. The van der Waals surface area contributed by atoms with Crippen LogP contribution in [0.1, 0.15) is 0 Å². The van der Waals surface area contributed by atoms with Crippen LogP contribution in [0, 0.1) is 0 Å². The van der Waals surface area contributed by atoms with Crippen LogP contribution in [0.15, 0.2) is 65.7 Å². The maximum absolute atomic E-state index is 12.8. The molecule has 2 aromatic heterocycles. The second-order valence-corrected chi connectivity index (χ2v) is 6.65. The Labute approximate surface area is 170 Å². The Morgan fingerprint density at radius 3 is 2.72 bits per heavy atom. The van der Waals surface area contributed by atoms with Gasteiger partial charge >= 0.3 is 0 Å². The van der Waals surface area contributed by atoms with E-state index in [4.69, 9.17) is 16.3 Å². The molecule has 8 nitrogen and oxygen atoms in total. The van der Waals surface area contributed by atoms with Crippen LogP contribution in [0.5, 0.6) is 5.75 Å². The van der Waals surface area contributed by atoms with Crippen molar-refractivity contribution in [2.75, 3.05) is 12.4 Å². The second-order valence-electron chi connectivity index (χ2n) is 6.21. The van der Waals surface area contributed by atoms with Crippen molar-refractivity contribution < 1.29 is 9.53 Å². The van der Waals surface area contributed by atoms with Gasteiger partial charge in [0.05, 0.1) is 18.5 Å². The van der Waals surface area contributed by atoms with Gasteiger partial charge in [0.15, 0.2) is 0 Å². The van der Waals surface area contributed by atoms with Crippen molar-refractivity contribution >= 4 is 28.7 Å². The first kappa shape index (κ1) is 18.7. The molecule has 1 N–H and O–H groups in total. The smallest absolute Gasteiger partial charge is 0.293 e. The number of rotatable bonds is 5. The van der Waals surface area contributed by atoms with Gasteiger partial charge in [0, 0.05) is 10.6 Å². The van der Waals surface area contributed by atoms with Gasteiger partial charge in [0.25, 0.3) is 5.56 Å². The molecule has 0 unspecified atom stereocenters. The number of hydrogen-bond acceptors (Lipinski definition) is 5. The summed E-state index contributed by atoms with van der Waals surface area (Å²) in [5.74, 6) is 0.0223. The molecule has 0 fully saturated rings. The van der Waals surface area contributed by atoms with Crippen LogP contribution in [0.2, 0.25) is 5.02 Å². The van der Waals surface area contributed by atoms with Crippen LogP contribution < -0.4 is 15.6 Å².